The van der Waals surface area contributed by atoms with Crippen molar-refractivity contribution in [2.75, 3.05) is 0 Å². The summed E-state index contributed by atoms with van der Waals surface area (Å²) in [5, 5.41) is 0. The Hall–Kier alpha value is 4.71. The Balaban J connectivity index is 0. The Labute approximate surface area is 135 Å². The van der Waals surface area contributed by atoms with Crippen molar-refractivity contribution in [2.45, 2.75) is 0 Å². The third-order valence-corrected chi connectivity index (χ3v) is 0. The standard InChI is InChI=1S/Br5P.Cl5P/c2*1-6(2,3,4)5. The quantitative estimate of drug-likeness (QED) is 0.232. The summed E-state index contributed by atoms with van der Waals surface area (Å²) in [4.78, 5) is 0. The van der Waals surface area contributed by atoms with Gasteiger partial charge in [0.15, 0.2) is 0 Å². The van der Waals surface area contributed by atoms with E-state index in [1.165, 1.54) is 0 Å². The van der Waals surface area contributed by atoms with Gasteiger partial charge in [-0.05, 0) is 0 Å². The van der Waals surface area contributed by atoms with Crippen LogP contribution in [0.4, 0.5) is 0 Å². The van der Waals surface area contributed by atoms with Gasteiger partial charge >= 0.3 is 137 Å². The van der Waals surface area contributed by atoms with E-state index in [1.807, 2.05) is 0 Å². The molecule has 0 aromatic rings. The Morgan fingerprint density at radius 2 is 0.583 bits per heavy atom. The minimum atomic E-state index is -3.69. The van der Waals surface area contributed by atoms with Crippen LogP contribution in [-0.2, 0) is 0 Å². The third-order valence-electron chi connectivity index (χ3n) is 0. The normalized spacial score (nSPS) is 19.2. The topological polar surface area (TPSA) is 0 Å². The van der Waals surface area contributed by atoms with Gasteiger partial charge in [0.2, 0.25) is 0 Å². The molecule has 0 fully saturated rings. The van der Waals surface area contributed by atoms with E-state index in [1.54, 1.807) is 0 Å². The molecule has 12 heavy (non-hydrogen) atoms. The van der Waals surface area contributed by atoms with Gasteiger partial charge in [-0.3, -0.25) is 0 Å². The molecule has 0 aliphatic heterocycles. The van der Waals surface area contributed by atoms with Crippen molar-refractivity contribution < 1.29 is 0 Å². The van der Waals surface area contributed by atoms with E-state index in [2.05, 4.69) is 77.4 Å². The van der Waals surface area contributed by atoms with Gasteiger partial charge in [0.05, 0.1) is 0 Å². The molecular weight excluding hydrogens is 639 g/mol. The first-order valence-electron chi connectivity index (χ1n) is 1.69. The summed E-state index contributed by atoms with van der Waals surface area (Å²) in [5.74, 6) is 0. The van der Waals surface area contributed by atoms with E-state index in [0.717, 1.165) is 0 Å². The van der Waals surface area contributed by atoms with Crippen molar-refractivity contribution in [1.29, 1.82) is 0 Å². The average Bonchev–Trinajstić information content (AvgIpc) is 1.02. The second-order valence-corrected chi connectivity index (χ2v) is 69.0. The molecule has 0 saturated heterocycles. The van der Waals surface area contributed by atoms with Crippen molar-refractivity contribution in [3.05, 3.63) is 0 Å². The molecule has 0 aromatic heterocycles. The molecule has 0 aliphatic carbocycles. The van der Waals surface area contributed by atoms with Crippen molar-refractivity contribution in [1.82, 2.24) is 0 Å². The molecule has 12 heteroatoms. The molecule has 0 nitrogen and oxygen atoms in total. The Kier molecular flexibility index (Phi) is 8.84. The Bertz CT molecular complexity index is 104. The summed E-state index contributed by atoms with van der Waals surface area (Å²) < 4.78 is -5.68. The van der Waals surface area contributed by atoms with Gasteiger partial charge in [0, 0.05) is 0 Å². The first-order chi connectivity index (χ1) is 4.47. The fraction of sp³-hybridized carbons (Fsp3) is 0. The fourth-order valence-electron chi connectivity index (χ4n) is 0. The van der Waals surface area contributed by atoms with Crippen LogP contribution < -0.4 is 0 Å². The van der Waals surface area contributed by atoms with Gasteiger partial charge in [-0.2, -0.15) is 0 Å². The molecule has 0 heterocycles. The van der Waals surface area contributed by atoms with Crippen LogP contribution in [0.25, 0.3) is 0 Å². The molecule has 0 unspecified atom stereocenters. The van der Waals surface area contributed by atoms with Gasteiger partial charge in [-0.1, -0.05) is 0 Å². The number of rotatable bonds is 0. The minimum absolute atomic E-state index is 1.99. The second-order valence-electron chi connectivity index (χ2n) is 1.28. The number of hydrogen-bond donors (Lipinski definition) is 0. The summed E-state index contributed by atoms with van der Waals surface area (Å²) in [6, 6.07) is 0. The maximum atomic E-state index is 4.98. The summed E-state index contributed by atoms with van der Waals surface area (Å²) in [5.41, 5.74) is 0. The zero-order valence-corrected chi connectivity index (χ0v) is 18.2. The van der Waals surface area contributed by atoms with Crippen LogP contribution in [0.2, 0.25) is 0 Å². The van der Waals surface area contributed by atoms with Crippen LogP contribution in [0, 0.1) is 0 Å². The van der Waals surface area contributed by atoms with Crippen LogP contribution in [-0.4, -0.2) is 0 Å². The van der Waals surface area contributed by atoms with Gasteiger partial charge in [-0.25, -0.2) is 0 Å². The molecule has 0 saturated carbocycles. The fourth-order valence-corrected chi connectivity index (χ4v) is 0. The Morgan fingerprint density at radius 1 is 0.583 bits per heavy atom. The van der Waals surface area contributed by atoms with Crippen LogP contribution in [0.1, 0.15) is 0 Å². The van der Waals surface area contributed by atoms with Crippen LogP contribution >= 0.6 is 137 Å². The predicted molar refractivity (Wildman–Crippen MR) is 87.7 cm³/mol. The van der Waals surface area contributed by atoms with Crippen molar-refractivity contribution >= 4 is 137 Å². The molecule has 0 atom stereocenters. The Morgan fingerprint density at radius 3 is 0.583 bits per heavy atom. The molecule has 0 spiro atoms. The van der Waals surface area contributed by atoms with E-state index >= 15 is 0 Å². The van der Waals surface area contributed by atoms with E-state index in [-0.39, 0.29) is 0 Å². The van der Waals surface area contributed by atoms with E-state index in [4.69, 9.17) is 56.2 Å². The summed E-state index contributed by atoms with van der Waals surface area (Å²) in [6.07, 6.45) is 0. The molecule has 0 aromatic carbocycles. The van der Waals surface area contributed by atoms with Crippen molar-refractivity contribution in [3.63, 3.8) is 0 Å². The van der Waals surface area contributed by atoms with Gasteiger partial charge < -0.3 is 0 Å². The average molecular weight is 639 g/mol. The zero-order valence-electron chi connectivity index (χ0n) is 4.67. The SMILES string of the molecule is BrP(Br)(Br)(Br)Br.ClP(Cl)(Cl)(Cl)Cl. The van der Waals surface area contributed by atoms with Crippen LogP contribution in [0.5, 0.6) is 0 Å². The number of halogens is 10. The molecule has 80 valence electrons. The van der Waals surface area contributed by atoms with Crippen molar-refractivity contribution in [2.24, 2.45) is 0 Å². The maximum absolute atomic E-state index is 4.98. The predicted octanol–water partition coefficient (Wildman–Crippen LogP) is 9.40. The molecule has 0 aliphatic rings. The molecule has 0 bridgehead atoms. The molecule has 0 N–H and O–H groups in total. The number of hydrogen-bond acceptors (Lipinski definition) is 0. The van der Waals surface area contributed by atoms with E-state index < -0.39 is 3.48 Å². The van der Waals surface area contributed by atoms with E-state index in [9.17, 15) is 0 Å². The molecule has 0 amide bonds. The molecule has 0 radical (unpaired) electrons. The summed E-state index contributed by atoms with van der Waals surface area (Å²) >= 11 is 41.3. The first-order valence-corrected chi connectivity index (χ1v) is 20.8. The third kappa shape index (κ3) is 125. The van der Waals surface area contributed by atoms with Gasteiger partial charge in [-0.15, -0.1) is 0 Å². The van der Waals surface area contributed by atoms with Crippen LogP contribution in [0.15, 0.2) is 0 Å². The van der Waals surface area contributed by atoms with Gasteiger partial charge in [0.25, 0.3) is 0 Å². The monoisotopic (exact) mass is 631 g/mol. The van der Waals surface area contributed by atoms with Crippen molar-refractivity contribution in [3.8, 4) is 0 Å². The second kappa shape index (κ2) is 5.57. The molecular formula is Br5Cl5P2. The zero-order chi connectivity index (χ0) is 10.9. The summed E-state index contributed by atoms with van der Waals surface area (Å²) in [7, 11) is 0. The van der Waals surface area contributed by atoms with Gasteiger partial charge in [0.1, 0.15) is 0 Å². The first kappa shape index (κ1) is 19.1. The van der Waals surface area contributed by atoms with Crippen LogP contribution in [0.3, 0.4) is 0 Å². The van der Waals surface area contributed by atoms with E-state index in [0.29, 0.717) is 0 Å². The molecule has 0 rings (SSSR count). The summed E-state index contributed by atoms with van der Waals surface area (Å²) in [6.45, 7) is 0.